The Kier molecular flexibility index (Phi) is 4.14. The van der Waals surface area contributed by atoms with Crippen molar-refractivity contribution in [2.24, 2.45) is 0 Å². The second kappa shape index (κ2) is 5.92. The number of hydrogen-bond donors (Lipinski definition) is 0. The smallest absolute Gasteiger partial charge is 0.0906 e. The monoisotopic (exact) mass is 380 g/mol. The van der Waals surface area contributed by atoms with Gasteiger partial charge in [0, 0.05) is 5.92 Å². The number of rotatable bonds is 3. The van der Waals surface area contributed by atoms with Crippen LogP contribution in [0, 0.1) is 6.92 Å². The Balaban J connectivity index is 1.92. The molecule has 2 aromatic carbocycles. The van der Waals surface area contributed by atoms with Crippen molar-refractivity contribution in [3.05, 3.63) is 64.7 Å². The van der Waals surface area contributed by atoms with Crippen LogP contribution in [0.1, 0.15) is 40.4 Å². The van der Waals surface area contributed by atoms with Crippen LogP contribution in [0.15, 0.2) is 42.5 Å². The van der Waals surface area contributed by atoms with Gasteiger partial charge < -0.3 is 4.74 Å². The fourth-order valence-electron chi connectivity index (χ4n) is 5.23. The molecular formula is C23H32OSi2. The van der Waals surface area contributed by atoms with E-state index in [-0.39, 0.29) is 6.10 Å². The minimum atomic E-state index is -1.42. The van der Waals surface area contributed by atoms with E-state index in [1.54, 1.807) is 10.8 Å². The molecule has 4 atom stereocenters. The molecule has 2 aliphatic heterocycles. The summed E-state index contributed by atoms with van der Waals surface area (Å²) in [5.74, 6) is 0.517. The van der Waals surface area contributed by atoms with Crippen molar-refractivity contribution in [1.29, 1.82) is 0 Å². The van der Waals surface area contributed by atoms with Crippen LogP contribution in [-0.2, 0) is 4.74 Å². The van der Waals surface area contributed by atoms with Crippen molar-refractivity contribution >= 4 is 21.3 Å². The summed E-state index contributed by atoms with van der Waals surface area (Å²) in [6.45, 7) is 17.3. The highest BCUT2D eigenvalue weighted by Crippen LogP contribution is 2.66. The molecule has 0 N–H and O–H groups in total. The predicted octanol–water partition coefficient (Wildman–Crippen LogP) is 6.16. The van der Waals surface area contributed by atoms with Crippen LogP contribution in [0.2, 0.25) is 44.8 Å². The van der Waals surface area contributed by atoms with Crippen molar-refractivity contribution in [1.82, 2.24) is 0 Å². The van der Waals surface area contributed by atoms with Gasteiger partial charge >= 0.3 is 0 Å². The molecule has 1 fully saturated rings. The Bertz CT molecular complexity index is 844. The summed E-state index contributed by atoms with van der Waals surface area (Å²) >= 11 is 0. The van der Waals surface area contributed by atoms with Gasteiger partial charge in [0.1, 0.15) is 0 Å². The molecular weight excluding hydrogens is 348 g/mol. The van der Waals surface area contributed by atoms with Crippen LogP contribution < -0.4 is 5.19 Å². The first-order valence-corrected chi connectivity index (χ1v) is 17.0. The number of fused-ring (bicyclic) bond motifs is 5. The zero-order valence-electron chi connectivity index (χ0n) is 17.3. The first kappa shape index (κ1) is 18.2. The molecule has 2 heterocycles. The lowest BCUT2D eigenvalue weighted by Crippen LogP contribution is -2.44. The zero-order valence-corrected chi connectivity index (χ0v) is 19.3. The third-order valence-electron chi connectivity index (χ3n) is 6.32. The fourth-order valence-corrected chi connectivity index (χ4v) is 9.60. The van der Waals surface area contributed by atoms with Gasteiger partial charge in [0.15, 0.2) is 0 Å². The molecule has 2 aliphatic rings. The molecule has 3 heteroatoms. The topological polar surface area (TPSA) is 9.23 Å². The summed E-state index contributed by atoms with van der Waals surface area (Å²) in [4.78, 5) is 0. The first-order chi connectivity index (χ1) is 12.1. The molecule has 2 bridgehead atoms. The van der Waals surface area contributed by atoms with E-state index >= 15 is 0 Å². The summed E-state index contributed by atoms with van der Waals surface area (Å²) in [5, 5.41) is 1.64. The third-order valence-corrected chi connectivity index (χ3v) is 11.0. The van der Waals surface area contributed by atoms with E-state index in [0.717, 1.165) is 0 Å². The SMILES string of the molecule is Cc1ccc(C2C3OC(c4ccccc43)C2[Si](C)(C)C)c([Si](C)(C)C)c1. The van der Waals surface area contributed by atoms with Crippen molar-refractivity contribution in [2.75, 3.05) is 0 Å². The van der Waals surface area contributed by atoms with Gasteiger partial charge in [-0.05, 0) is 29.2 Å². The zero-order chi connectivity index (χ0) is 18.9. The Morgan fingerprint density at radius 3 is 1.96 bits per heavy atom. The maximum atomic E-state index is 6.70. The lowest BCUT2D eigenvalue weighted by molar-refractivity contribution is 0.0672. The number of benzene rings is 2. The Morgan fingerprint density at radius 1 is 0.769 bits per heavy atom. The number of ether oxygens (including phenoxy) is 1. The first-order valence-electron chi connectivity index (χ1n) is 9.94. The molecule has 0 saturated carbocycles. The summed E-state index contributed by atoms with van der Waals surface area (Å²) in [7, 11) is -2.82. The summed E-state index contributed by atoms with van der Waals surface area (Å²) in [5.41, 5.74) is 6.53. The molecule has 1 saturated heterocycles. The van der Waals surface area contributed by atoms with Crippen LogP contribution in [0.4, 0.5) is 0 Å². The molecule has 0 aliphatic carbocycles. The van der Waals surface area contributed by atoms with E-state index in [2.05, 4.69) is 88.7 Å². The van der Waals surface area contributed by atoms with Crippen LogP contribution in [-0.4, -0.2) is 16.1 Å². The molecule has 0 radical (unpaired) electrons. The van der Waals surface area contributed by atoms with E-state index < -0.39 is 16.1 Å². The van der Waals surface area contributed by atoms with E-state index in [0.29, 0.717) is 17.6 Å². The average molecular weight is 381 g/mol. The second-order valence-electron chi connectivity index (χ2n) is 10.4. The molecule has 0 aromatic heterocycles. The highest BCUT2D eigenvalue weighted by molar-refractivity contribution is 6.89. The summed E-state index contributed by atoms with van der Waals surface area (Å²) in [6, 6.07) is 16.2. The van der Waals surface area contributed by atoms with Gasteiger partial charge in [0.25, 0.3) is 0 Å². The summed E-state index contributed by atoms with van der Waals surface area (Å²) in [6.07, 6.45) is 0.536. The molecule has 1 nitrogen and oxygen atoms in total. The highest BCUT2D eigenvalue weighted by Gasteiger charge is 2.57. The molecule has 2 aromatic rings. The van der Waals surface area contributed by atoms with Gasteiger partial charge in [-0.25, -0.2) is 0 Å². The summed E-state index contributed by atoms with van der Waals surface area (Å²) < 4.78 is 6.70. The third kappa shape index (κ3) is 2.76. The standard InChI is InChI=1S/C23H32OSi2/c1-15-12-13-18(19(14-15)25(2,3)4)20-21-16-10-8-9-11-17(16)22(24-21)23(20)26(5,6)7/h8-14,20-23H,1-7H3. The van der Waals surface area contributed by atoms with Gasteiger partial charge in [0.05, 0.1) is 28.4 Å². The second-order valence-corrected chi connectivity index (χ2v) is 20.8. The number of aryl methyl sites for hydroxylation is 1. The van der Waals surface area contributed by atoms with E-state index in [4.69, 9.17) is 4.74 Å². The van der Waals surface area contributed by atoms with Gasteiger partial charge in [-0.1, -0.05) is 92.5 Å². The lowest BCUT2D eigenvalue weighted by Gasteiger charge is -2.39. The number of hydrogen-bond acceptors (Lipinski definition) is 1. The van der Waals surface area contributed by atoms with Gasteiger partial charge in [-0.2, -0.15) is 0 Å². The van der Waals surface area contributed by atoms with Crippen LogP contribution in [0.25, 0.3) is 0 Å². The maximum absolute atomic E-state index is 6.70. The van der Waals surface area contributed by atoms with Crippen molar-refractivity contribution in [3.8, 4) is 0 Å². The van der Waals surface area contributed by atoms with E-state index in [1.807, 2.05) is 0 Å². The van der Waals surface area contributed by atoms with E-state index in [9.17, 15) is 0 Å². The lowest BCUT2D eigenvalue weighted by atomic mass is 9.79. The molecule has 4 unspecified atom stereocenters. The molecule has 0 amide bonds. The maximum Gasteiger partial charge on any atom is 0.0906 e. The Morgan fingerprint density at radius 2 is 1.38 bits per heavy atom. The normalized spacial score (nSPS) is 27.7. The molecule has 4 rings (SSSR count). The van der Waals surface area contributed by atoms with Gasteiger partial charge in [-0.3, -0.25) is 0 Å². The van der Waals surface area contributed by atoms with E-state index in [1.165, 1.54) is 16.7 Å². The Hall–Kier alpha value is -1.17. The minimum Gasteiger partial charge on any atom is -0.365 e. The van der Waals surface area contributed by atoms with Crippen LogP contribution in [0.5, 0.6) is 0 Å². The van der Waals surface area contributed by atoms with Crippen molar-refractivity contribution < 1.29 is 4.74 Å². The quantitative estimate of drug-likeness (QED) is 0.580. The van der Waals surface area contributed by atoms with Crippen LogP contribution >= 0.6 is 0 Å². The largest absolute Gasteiger partial charge is 0.365 e. The molecule has 0 spiro atoms. The predicted molar refractivity (Wildman–Crippen MR) is 117 cm³/mol. The Labute approximate surface area is 160 Å². The molecule has 138 valence electrons. The fraction of sp³-hybridized carbons (Fsp3) is 0.478. The van der Waals surface area contributed by atoms with Gasteiger partial charge in [0.2, 0.25) is 0 Å². The average Bonchev–Trinajstić information content (AvgIpc) is 3.10. The van der Waals surface area contributed by atoms with Crippen molar-refractivity contribution in [3.63, 3.8) is 0 Å². The minimum absolute atomic E-state index is 0.241. The van der Waals surface area contributed by atoms with Crippen LogP contribution in [0.3, 0.4) is 0 Å². The van der Waals surface area contributed by atoms with Gasteiger partial charge in [-0.15, -0.1) is 0 Å². The molecule has 26 heavy (non-hydrogen) atoms. The highest BCUT2D eigenvalue weighted by atomic mass is 28.3. The van der Waals surface area contributed by atoms with Crippen molar-refractivity contribution in [2.45, 2.75) is 69.9 Å².